The number of carbonyl (C=O) groups is 1. The number of carbonyl (C=O) groups excluding carboxylic acids is 1. The van der Waals surface area contributed by atoms with Crippen LogP contribution in [0.2, 0.25) is 0 Å². The third-order valence-electron chi connectivity index (χ3n) is 3.44. The van der Waals surface area contributed by atoms with E-state index in [-0.39, 0.29) is 10.8 Å². The molecule has 0 spiro atoms. The van der Waals surface area contributed by atoms with Gasteiger partial charge in [0.05, 0.1) is 10.6 Å². The summed E-state index contributed by atoms with van der Waals surface area (Å²) in [7, 11) is -3.67. The second-order valence-corrected chi connectivity index (χ2v) is 7.00. The van der Waals surface area contributed by atoms with E-state index in [0.29, 0.717) is 11.4 Å². The molecule has 2 N–H and O–H groups in total. The second kappa shape index (κ2) is 6.83. The Morgan fingerprint density at radius 1 is 1.09 bits per heavy atom. The van der Waals surface area contributed by atoms with Gasteiger partial charge in [-0.05, 0) is 54.8 Å². The third-order valence-corrected chi connectivity index (χ3v) is 4.82. The monoisotopic (exact) mass is 332 g/mol. The maximum absolute atomic E-state index is 12.5. The van der Waals surface area contributed by atoms with Crippen LogP contribution in [0.3, 0.4) is 0 Å². The van der Waals surface area contributed by atoms with E-state index in [1.165, 1.54) is 19.1 Å². The van der Waals surface area contributed by atoms with Crippen LogP contribution in [0.4, 0.5) is 11.4 Å². The SMILES string of the molecule is CCc1ccc(C)c(NS(=O)(=O)c2ccc(NC(C)=O)cc2)c1. The van der Waals surface area contributed by atoms with E-state index >= 15 is 0 Å². The molecule has 0 heterocycles. The summed E-state index contributed by atoms with van der Waals surface area (Å²) in [4.78, 5) is 11.1. The average Bonchev–Trinajstić information content (AvgIpc) is 2.49. The Morgan fingerprint density at radius 2 is 1.74 bits per heavy atom. The molecule has 2 aromatic carbocycles. The largest absolute Gasteiger partial charge is 0.326 e. The Balaban J connectivity index is 2.26. The van der Waals surface area contributed by atoms with Crippen LogP contribution in [0.25, 0.3) is 0 Å². The first kappa shape index (κ1) is 17.0. The minimum atomic E-state index is -3.67. The van der Waals surface area contributed by atoms with E-state index in [1.807, 2.05) is 32.0 Å². The van der Waals surface area contributed by atoms with Crippen molar-refractivity contribution < 1.29 is 13.2 Å². The van der Waals surface area contributed by atoms with Crippen LogP contribution >= 0.6 is 0 Å². The molecule has 0 atom stereocenters. The molecule has 0 bridgehead atoms. The molecular formula is C17H20N2O3S. The van der Waals surface area contributed by atoms with Crippen molar-refractivity contribution >= 4 is 27.3 Å². The first-order valence-electron chi connectivity index (χ1n) is 7.32. The number of rotatable bonds is 5. The van der Waals surface area contributed by atoms with Crippen molar-refractivity contribution in [2.45, 2.75) is 32.1 Å². The molecule has 23 heavy (non-hydrogen) atoms. The van der Waals surface area contributed by atoms with Crippen molar-refractivity contribution in [3.8, 4) is 0 Å². The number of anilines is 2. The number of aryl methyl sites for hydroxylation is 2. The second-order valence-electron chi connectivity index (χ2n) is 5.31. The lowest BCUT2D eigenvalue weighted by Gasteiger charge is -2.12. The molecule has 5 nitrogen and oxygen atoms in total. The zero-order chi connectivity index (χ0) is 17.0. The van der Waals surface area contributed by atoms with E-state index in [9.17, 15) is 13.2 Å². The molecule has 6 heteroatoms. The fourth-order valence-corrected chi connectivity index (χ4v) is 3.25. The molecule has 0 aliphatic rings. The highest BCUT2D eigenvalue weighted by Gasteiger charge is 2.15. The summed E-state index contributed by atoms with van der Waals surface area (Å²) in [6.45, 7) is 5.27. The Bertz CT molecular complexity index is 812. The molecule has 0 unspecified atom stereocenters. The van der Waals surface area contributed by atoms with Gasteiger partial charge < -0.3 is 5.32 Å². The van der Waals surface area contributed by atoms with Gasteiger partial charge in [0.2, 0.25) is 5.91 Å². The van der Waals surface area contributed by atoms with E-state index in [2.05, 4.69) is 10.0 Å². The number of hydrogen-bond acceptors (Lipinski definition) is 3. The van der Waals surface area contributed by atoms with Crippen molar-refractivity contribution in [3.05, 3.63) is 53.6 Å². The molecule has 0 aliphatic carbocycles. The van der Waals surface area contributed by atoms with Gasteiger partial charge in [-0.25, -0.2) is 8.42 Å². The van der Waals surface area contributed by atoms with Crippen LogP contribution in [0, 0.1) is 6.92 Å². The first-order chi connectivity index (χ1) is 10.8. The summed E-state index contributed by atoms with van der Waals surface area (Å²) in [6, 6.07) is 11.8. The molecule has 1 amide bonds. The highest BCUT2D eigenvalue weighted by molar-refractivity contribution is 7.92. The van der Waals surface area contributed by atoms with Gasteiger partial charge in [0, 0.05) is 12.6 Å². The number of benzene rings is 2. The quantitative estimate of drug-likeness (QED) is 0.882. The minimum absolute atomic E-state index is 0.146. The van der Waals surface area contributed by atoms with Crippen molar-refractivity contribution in [2.24, 2.45) is 0 Å². The number of hydrogen-bond donors (Lipinski definition) is 2. The highest BCUT2D eigenvalue weighted by Crippen LogP contribution is 2.22. The number of nitrogens with one attached hydrogen (secondary N) is 2. The summed E-state index contributed by atoms with van der Waals surface area (Å²) in [5.74, 6) is -0.203. The third kappa shape index (κ3) is 4.32. The van der Waals surface area contributed by atoms with Gasteiger partial charge in [0.15, 0.2) is 0 Å². The molecule has 0 fully saturated rings. The average molecular weight is 332 g/mol. The predicted molar refractivity (Wildman–Crippen MR) is 92.1 cm³/mol. The smallest absolute Gasteiger partial charge is 0.261 e. The molecule has 0 saturated carbocycles. The van der Waals surface area contributed by atoms with Gasteiger partial charge in [-0.1, -0.05) is 19.1 Å². The molecular weight excluding hydrogens is 312 g/mol. The Hall–Kier alpha value is -2.34. The van der Waals surface area contributed by atoms with E-state index < -0.39 is 10.0 Å². The molecule has 0 radical (unpaired) electrons. The highest BCUT2D eigenvalue weighted by atomic mass is 32.2. The molecule has 2 rings (SSSR count). The standard InChI is InChI=1S/C17H20N2O3S/c1-4-14-6-5-12(2)17(11-14)19-23(21,22)16-9-7-15(8-10-16)18-13(3)20/h5-11,19H,4H2,1-3H3,(H,18,20). The van der Waals surface area contributed by atoms with Gasteiger partial charge in [-0.3, -0.25) is 9.52 Å². The molecule has 2 aromatic rings. The van der Waals surface area contributed by atoms with Crippen LogP contribution in [0.1, 0.15) is 25.0 Å². The lowest BCUT2D eigenvalue weighted by molar-refractivity contribution is -0.114. The fourth-order valence-electron chi connectivity index (χ4n) is 2.12. The van der Waals surface area contributed by atoms with Crippen LogP contribution in [-0.2, 0) is 21.2 Å². The summed E-state index contributed by atoms with van der Waals surface area (Å²) < 4.78 is 27.6. The Kier molecular flexibility index (Phi) is 5.05. The summed E-state index contributed by atoms with van der Waals surface area (Å²) in [5, 5.41) is 2.60. The maximum Gasteiger partial charge on any atom is 0.261 e. The number of amides is 1. The van der Waals surface area contributed by atoms with Gasteiger partial charge in [0.1, 0.15) is 0 Å². The summed E-state index contributed by atoms with van der Waals surface area (Å²) >= 11 is 0. The Morgan fingerprint density at radius 3 is 2.30 bits per heavy atom. The van der Waals surface area contributed by atoms with Crippen molar-refractivity contribution in [2.75, 3.05) is 10.0 Å². The van der Waals surface area contributed by atoms with Crippen LogP contribution in [-0.4, -0.2) is 14.3 Å². The summed E-state index contributed by atoms with van der Waals surface area (Å²) in [6.07, 6.45) is 0.834. The van der Waals surface area contributed by atoms with Crippen LogP contribution in [0.5, 0.6) is 0 Å². The van der Waals surface area contributed by atoms with Crippen molar-refractivity contribution in [3.63, 3.8) is 0 Å². The predicted octanol–water partition coefficient (Wildman–Crippen LogP) is 3.32. The van der Waals surface area contributed by atoms with E-state index in [0.717, 1.165) is 17.5 Å². The summed E-state index contributed by atoms with van der Waals surface area (Å²) in [5.41, 5.74) is 3.06. The zero-order valence-electron chi connectivity index (χ0n) is 13.4. The lowest BCUT2D eigenvalue weighted by Crippen LogP contribution is -2.14. The van der Waals surface area contributed by atoms with Crippen LogP contribution in [0.15, 0.2) is 47.4 Å². The van der Waals surface area contributed by atoms with Crippen molar-refractivity contribution in [1.82, 2.24) is 0 Å². The van der Waals surface area contributed by atoms with Gasteiger partial charge in [-0.2, -0.15) is 0 Å². The molecule has 0 saturated heterocycles. The van der Waals surface area contributed by atoms with E-state index in [4.69, 9.17) is 0 Å². The zero-order valence-corrected chi connectivity index (χ0v) is 14.2. The minimum Gasteiger partial charge on any atom is -0.326 e. The normalized spacial score (nSPS) is 11.1. The molecule has 122 valence electrons. The molecule has 0 aromatic heterocycles. The van der Waals surface area contributed by atoms with Gasteiger partial charge in [-0.15, -0.1) is 0 Å². The van der Waals surface area contributed by atoms with E-state index in [1.54, 1.807) is 12.1 Å². The Labute approximate surface area is 136 Å². The van der Waals surface area contributed by atoms with Crippen LogP contribution < -0.4 is 10.0 Å². The first-order valence-corrected chi connectivity index (χ1v) is 8.80. The number of sulfonamides is 1. The maximum atomic E-state index is 12.5. The topological polar surface area (TPSA) is 75.3 Å². The molecule has 0 aliphatic heterocycles. The lowest BCUT2D eigenvalue weighted by atomic mass is 10.1. The fraction of sp³-hybridized carbons (Fsp3) is 0.235. The van der Waals surface area contributed by atoms with Crippen molar-refractivity contribution in [1.29, 1.82) is 0 Å². The van der Waals surface area contributed by atoms with Gasteiger partial charge >= 0.3 is 0 Å². The van der Waals surface area contributed by atoms with Gasteiger partial charge in [0.25, 0.3) is 10.0 Å².